The number of nitrogens with one attached hydrogen (secondary N) is 2. The highest BCUT2D eigenvalue weighted by Crippen LogP contribution is 2.46. The molecule has 2 atom stereocenters. The van der Waals surface area contributed by atoms with E-state index in [9.17, 15) is 4.79 Å². The van der Waals surface area contributed by atoms with E-state index in [0.717, 1.165) is 17.8 Å². The van der Waals surface area contributed by atoms with Crippen molar-refractivity contribution in [2.75, 3.05) is 6.54 Å². The van der Waals surface area contributed by atoms with Crippen LogP contribution in [0.15, 0.2) is 67.1 Å². The number of carbonyl (C=O) groups excluding carboxylic acids is 1. The van der Waals surface area contributed by atoms with E-state index >= 15 is 0 Å². The fraction of sp³-hybridized carbons (Fsp3) is 0.250. The molecule has 2 heterocycles. The number of carbonyl (C=O) groups is 1. The van der Waals surface area contributed by atoms with Crippen LogP contribution < -0.4 is 10.6 Å². The number of amides is 2. The van der Waals surface area contributed by atoms with Crippen LogP contribution in [0.3, 0.4) is 0 Å². The van der Waals surface area contributed by atoms with Crippen molar-refractivity contribution in [3.05, 3.63) is 78.2 Å². The summed E-state index contributed by atoms with van der Waals surface area (Å²) in [6.07, 6.45) is 6.41. The first-order valence-corrected chi connectivity index (χ1v) is 8.81. The zero-order valence-electron chi connectivity index (χ0n) is 14.4. The number of hydrogen-bond acceptors (Lipinski definition) is 3. The molecule has 2 amide bonds. The highest BCUT2D eigenvalue weighted by atomic mass is 16.2. The largest absolute Gasteiger partial charge is 0.338 e. The molecular formula is C20H21N5O. The van der Waals surface area contributed by atoms with Gasteiger partial charge in [-0.25, -0.2) is 14.5 Å². The molecule has 0 spiro atoms. The Labute approximate surface area is 152 Å². The normalized spacial score (nSPS) is 18.3. The molecule has 0 saturated heterocycles. The van der Waals surface area contributed by atoms with Crippen molar-refractivity contribution in [1.82, 2.24) is 25.4 Å². The van der Waals surface area contributed by atoms with Crippen molar-refractivity contribution in [3.63, 3.8) is 0 Å². The monoisotopic (exact) mass is 347 g/mol. The van der Waals surface area contributed by atoms with Gasteiger partial charge in [0, 0.05) is 31.7 Å². The van der Waals surface area contributed by atoms with Crippen LogP contribution in [0.1, 0.15) is 23.5 Å². The van der Waals surface area contributed by atoms with Crippen molar-refractivity contribution in [2.24, 2.45) is 5.92 Å². The Morgan fingerprint density at radius 3 is 2.81 bits per heavy atom. The summed E-state index contributed by atoms with van der Waals surface area (Å²) < 4.78 is 1.69. The molecule has 1 saturated carbocycles. The van der Waals surface area contributed by atoms with Gasteiger partial charge >= 0.3 is 6.03 Å². The number of aromatic nitrogens is 3. The number of nitrogens with zero attached hydrogens (tertiary/aromatic N) is 3. The van der Waals surface area contributed by atoms with Gasteiger partial charge in [0.15, 0.2) is 5.82 Å². The average molecular weight is 347 g/mol. The molecule has 2 N–H and O–H groups in total. The Kier molecular flexibility index (Phi) is 4.64. The first kappa shape index (κ1) is 16.3. The van der Waals surface area contributed by atoms with Gasteiger partial charge in [-0.05, 0) is 47.6 Å². The summed E-state index contributed by atoms with van der Waals surface area (Å²) in [6, 6.07) is 16.0. The quantitative estimate of drug-likeness (QED) is 0.720. The van der Waals surface area contributed by atoms with Crippen LogP contribution in [0.5, 0.6) is 0 Å². The summed E-state index contributed by atoms with van der Waals surface area (Å²) in [5, 5.41) is 10.0. The van der Waals surface area contributed by atoms with Gasteiger partial charge in [-0.2, -0.15) is 5.10 Å². The second-order valence-electron chi connectivity index (χ2n) is 6.55. The summed E-state index contributed by atoms with van der Waals surface area (Å²) in [5.74, 6) is 1.85. The minimum Gasteiger partial charge on any atom is -0.338 e. The second-order valence-corrected chi connectivity index (χ2v) is 6.55. The van der Waals surface area contributed by atoms with Crippen LogP contribution in [0, 0.1) is 5.92 Å². The Morgan fingerprint density at radius 2 is 2.00 bits per heavy atom. The Balaban J connectivity index is 1.23. The molecule has 1 aliphatic carbocycles. The Hall–Kier alpha value is -3.15. The molecule has 0 unspecified atom stereocenters. The average Bonchev–Trinajstić information content (AvgIpc) is 3.26. The van der Waals surface area contributed by atoms with E-state index in [4.69, 9.17) is 0 Å². The molecule has 4 rings (SSSR count). The lowest BCUT2D eigenvalue weighted by atomic mass is 10.1. The van der Waals surface area contributed by atoms with E-state index in [2.05, 4.69) is 45.0 Å². The van der Waals surface area contributed by atoms with Crippen molar-refractivity contribution in [2.45, 2.75) is 18.9 Å². The van der Waals surface area contributed by atoms with Gasteiger partial charge in [0.2, 0.25) is 0 Å². The molecule has 0 radical (unpaired) electrons. The lowest BCUT2D eigenvalue weighted by molar-refractivity contribution is 0.240. The van der Waals surface area contributed by atoms with E-state index < -0.39 is 0 Å². The van der Waals surface area contributed by atoms with Gasteiger partial charge in [-0.1, -0.05) is 30.3 Å². The van der Waals surface area contributed by atoms with Crippen LogP contribution in [0.2, 0.25) is 0 Å². The molecule has 2 aromatic heterocycles. The maximum Gasteiger partial charge on any atom is 0.315 e. The summed E-state index contributed by atoms with van der Waals surface area (Å²) >= 11 is 0. The first-order valence-electron chi connectivity index (χ1n) is 8.81. The van der Waals surface area contributed by atoms with E-state index in [0.29, 0.717) is 24.9 Å². The smallest absolute Gasteiger partial charge is 0.315 e. The maximum atomic E-state index is 12.0. The molecule has 1 aromatic carbocycles. The van der Waals surface area contributed by atoms with Crippen LogP contribution >= 0.6 is 0 Å². The number of hydrogen-bond donors (Lipinski definition) is 2. The molecule has 6 nitrogen and oxygen atoms in total. The zero-order chi connectivity index (χ0) is 17.8. The predicted molar refractivity (Wildman–Crippen MR) is 98.9 cm³/mol. The summed E-state index contributed by atoms with van der Waals surface area (Å²) in [7, 11) is 0. The van der Waals surface area contributed by atoms with Crippen LogP contribution in [-0.4, -0.2) is 27.3 Å². The molecule has 132 valence electrons. The van der Waals surface area contributed by atoms with Gasteiger partial charge < -0.3 is 10.6 Å². The van der Waals surface area contributed by atoms with Gasteiger partial charge in [-0.3, -0.25) is 0 Å². The van der Waals surface area contributed by atoms with Crippen molar-refractivity contribution < 1.29 is 4.79 Å². The second kappa shape index (κ2) is 7.39. The van der Waals surface area contributed by atoms with Crippen molar-refractivity contribution in [1.29, 1.82) is 0 Å². The number of benzene rings is 1. The summed E-state index contributed by atoms with van der Waals surface area (Å²) in [5.41, 5.74) is 2.34. The summed E-state index contributed by atoms with van der Waals surface area (Å²) in [4.78, 5) is 16.3. The van der Waals surface area contributed by atoms with E-state index in [1.807, 2.05) is 30.5 Å². The lowest BCUT2D eigenvalue weighted by Gasteiger charge is -2.08. The van der Waals surface area contributed by atoms with Crippen molar-refractivity contribution >= 4 is 6.03 Å². The minimum absolute atomic E-state index is 0.138. The fourth-order valence-corrected chi connectivity index (χ4v) is 3.15. The van der Waals surface area contributed by atoms with Crippen LogP contribution in [0.25, 0.3) is 5.82 Å². The van der Waals surface area contributed by atoms with Crippen LogP contribution in [-0.2, 0) is 6.54 Å². The standard InChI is InChI=1S/C20H21N5O/c26-20(23-14-17-12-18(17)16-5-2-1-3-6-16)22-13-15-7-9-21-19(11-15)25-10-4-8-24-25/h1-11,17-18H,12-14H2,(H2,22,23,26)/t17-,18-/m1/s1. The SMILES string of the molecule is O=C(NCc1ccnc(-n2cccn2)c1)NC[C@H]1C[C@@H]1c1ccccc1. The molecule has 1 fully saturated rings. The molecular weight excluding hydrogens is 326 g/mol. The van der Waals surface area contributed by atoms with Gasteiger partial charge in [0.1, 0.15) is 0 Å². The molecule has 26 heavy (non-hydrogen) atoms. The molecule has 3 aromatic rings. The Morgan fingerprint density at radius 1 is 1.12 bits per heavy atom. The molecule has 6 heteroatoms. The zero-order valence-corrected chi connectivity index (χ0v) is 14.4. The van der Waals surface area contributed by atoms with Gasteiger partial charge in [0.05, 0.1) is 0 Å². The van der Waals surface area contributed by atoms with Gasteiger partial charge in [0.25, 0.3) is 0 Å². The third kappa shape index (κ3) is 3.91. The first-order chi connectivity index (χ1) is 12.8. The lowest BCUT2D eigenvalue weighted by Crippen LogP contribution is -2.36. The maximum absolute atomic E-state index is 12.0. The molecule has 0 aliphatic heterocycles. The van der Waals surface area contributed by atoms with Crippen molar-refractivity contribution in [3.8, 4) is 5.82 Å². The summed E-state index contributed by atoms with van der Waals surface area (Å²) in [6.45, 7) is 1.16. The van der Waals surface area contributed by atoms with E-state index in [1.54, 1.807) is 17.1 Å². The number of rotatable bonds is 6. The highest BCUT2D eigenvalue weighted by molar-refractivity contribution is 5.73. The van der Waals surface area contributed by atoms with Gasteiger partial charge in [-0.15, -0.1) is 0 Å². The minimum atomic E-state index is -0.138. The molecule has 0 bridgehead atoms. The molecule has 1 aliphatic rings. The topological polar surface area (TPSA) is 71.8 Å². The Bertz CT molecular complexity index is 863. The third-order valence-electron chi connectivity index (χ3n) is 4.68. The third-order valence-corrected chi connectivity index (χ3v) is 4.68. The fourth-order valence-electron chi connectivity index (χ4n) is 3.15. The number of pyridine rings is 1. The van der Waals surface area contributed by atoms with E-state index in [-0.39, 0.29) is 6.03 Å². The predicted octanol–water partition coefficient (Wildman–Crippen LogP) is 2.87. The number of urea groups is 1. The van der Waals surface area contributed by atoms with E-state index in [1.165, 1.54) is 5.56 Å². The van der Waals surface area contributed by atoms with Crippen LogP contribution in [0.4, 0.5) is 4.79 Å². The highest BCUT2D eigenvalue weighted by Gasteiger charge is 2.37.